The number of rotatable bonds is 4. The Hall–Kier alpha value is -2.56. The van der Waals surface area contributed by atoms with Crippen LogP contribution in [0, 0.1) is 5.41 Å². The predicted molar refractivity (Wildman–Crippen MR) is 80.9 cm³/mol. The van der Waals surface area contributed by atoms with Crippen LogP contribution in [0.5, 0.6) is 5.75 Å². The Morgan fingerprint density at radius 3 is 2.40 bits per heavy atom. The maximum absolute atomic E-state index is 7.65. The molecule has 0 amide bonds. The molecule has 0 aliphatic rings. The summed E-state index contributed by atoms with van der Waals surface area (Å²) in [5.74, 6) is 0.729. The summed E-state index contributed by atoms with van der Waals surface area (Å²) in [7, 11) is 0. The number of anilines is 1. The van der Waals surface area contributed by atoms with Crippen molar-refractivity contribution in [3.63, 3.8) is 0 Å². The fourth-order valence-corrected chi connectivity index (χ4v) is 1.98. The molecule has 5 nitrogen and oxygen atoms in total. The molecule has 0 aliphatic heterocycles. The van der Waals surface area contributed by atoms with Crippen LogP contribution >= 0.6 is 0 Å². The zero-order valence-electron chi connectivity index (χ0n) is 11.6. The van der Waals surface area contributed by atoms with E-state index >= 15 is 0 Å². The number of nitrogens with one attached hydrogen (secondary N) is 1. The highest BCUT2D eigenvalue weighted by Crippen LogP contribution is 2.28. The molecule has 0 fully saturated rings. The second kappa shape index (κ2) is 5.61. The first-order chi connectivity index (χ1) is 9.49. The summed E-state index contributed by atoms with van der Waals surface area (Å²) >= 11 is 0. The molecule has 0 aliphatic carbocycles. The van der Waals surface area contributed by atoms with E-state index in [1.807, 2.05) is 38.1 Å². The van der Waals surface area contributed by atoms with E-state index in [-0.39, 0.29) is 11.9 Å². The number of nitrogen functional groups attached to an aromatic ring is 2. The minimum atomic E-state index is -0.0672. The molecule has 0 atom stereocenters. The maximum Gasteiger partial charge on any atom is 0.125 e. The highest BCUT2D eigenvalue weighted by atomic mass is 16.5. The predicted octanol–water partition coefficient (Wildman–Crippen LogP) is 2.40. The van der Waals surface area contributed by atoms with Crippen molar-refractivity contribution in [2.45, 2.75) is 20.0 Å². The number of hydrogen-bond acceptors (Lipinski definition) is 4. The summed E-state index contributed by atoms with van der Waals surface area (Å²) in [6, 6.07) is 7.56. The summed E-state index contributed by atoms with van der Waals surface area (Å²) in [6.45, 7) is 3.95. The van der Waals surface area contributed by atoms with E-state index in [4.69, 9.17) is 21.6 Å². The van der Waals surface area contributed by atoms with Gasteiger partial charge in [0.15, 0.2) is 0 Å². The van der Waals surface area contributed by atoms with Crippen molar-refractivity contribution >= 4 is 11.5 Å². The van der Waals surface area contributed by atoms with Gasteiger partial charge < -0.3 is 16.2 Å². The Kier molecular flexibility index (Phi) is 3.89. The zero-order chi connectivity index (χ0) is 14.7. The molecule has 0 bridgehead atoms. The van der Waals surface area contributed by atoms with Crippen LogP contribution in [0.25, 0.3) is 11.1 Å². The highest BCUT2D eigenvalue weighted by molar-refractivity contribution is 6.05. The monoisotopic (exact) mass is 270 g/mol. The molecule has 0 saturated carbocycles. The first kappa shape index (κ1) is 13.9. The van der Waals surface area contributed by atoms with Gasteiger partial charge in [0, 0.05) is 17.3 Å². The van der Waals surface area contributed by atoms with Crippen molar-refractivity contribution in [1.29, 1.82) is 5.41 Å². The van der Waals surface area contributed by atoms with Crippen molar-refractivity contribution in [3.8, 4) is 16.9 Å². The highest BCUT2D eigenvalue weighted by Gasteiger charge is 2.12. The fourth-order valence-electron chi connectivity index (χ4n) is 1.98. The number of nitrogens with two attached hydrogens (primary N) is 2. The Bertz CT molecular complexity index is 620. The number of nitrogens with zero attached hydrogens (tertiary/aromatic N) is 1. The topological polar surface area (TPSA) is 98.0 Å². The zero-order valence-corrected chi connectivity index (χ0v) is 11.6. The molecular formula is C15H18N4O. The molecule has 5 N–H and O–H groups in total. The first-order valence-corrected chi connectivity index (χ1v) is 6.34. The maximum atomic E-state index is 7.65. The number of amidine groups is 1. The fraction of sp³-hybridized carbons (Fsp3) is 0.200. The minimum Gasteiger partial charge on any atom is -0.491 e. The van der Waals surface area contributed by atoms with Crippen LogP contribution in [0.4, 0.5) is 5.69 Å². The van der Waals surface area contributed by atoms with Crippen molar-refractivity contribution in [1.82, 2.24) is 4.98 Å². The molecule has 20 heavy (non-hydrogen) atoms. The molecule has 0 radical (unpaired) electrons. The summed E-state index contributed by atoms with van der Waals surface area (Å²) in [5.41, 5.74) is 14.0. The minimum absolute atomic E-state index is 0.0672. The molecule has 1 aromatic carbocycles. The number of aromatic nitrogens is 1. The van der Waals surface area contributed by atoms with E-state index in [1.165, 1.54) is 6.20 Å². The van der Waals surface area contributed by atoms with Crippen LogP contribution in [-0.2, 0) is 0 Å². The lowest BCUT2D eigenvalue weighted by molar-refractivity contribution is 0.242. The Morgan fingerprint density at radius 2 is 1.85 bits per heavy atom. The summed E-state index contributed by atoms with van der Waals surface area (Å²) in [6.07, 6.45) is 3.28. The van der Waals surface area contributed by atoms with E-state index in [1.54, 1.807) is 6.20 Å². The molecule has 0 spiro atoms. The van der Waals surface area contributed by atoms with E-state index in [0.717, 1.165) is 16.9 Å². The SMILES string of the molecule is CC(C)Oc1ccc(-c2cncc(N)c2C(=N)N)cc1. The molecule has 2 aromatic rings. The number of hydrogen-bond donors (Lipinski definition) is 3. The molecule has 1 heterocycles. The van der Waals surface area contributed by atoms with Gasteiger partial charge in [0.25, 0.3) is 0 Å². The van der Waals surface area contributed by atoms with Gasteiger partial charge in [0.2, 0.25) is 0 Å². The van der Waals surface area contributed by atoms with Crippen molar-refractivity contribution < 1.29 is 4.74 Å². The Balaban J connectivity index is 2.42. The lowest BCUT2D eigenvalue weighted by Gasteiger charge is -2.12. The van der Waals surface area contributed by atoms with Gasteiger partial charge in [-0.05, 0) is 31.5 Å². The van der Waals surface area contributed by atoms with Crippen molar-refractivity contribution in [2.24, 2.45) is 5.73 Å². The van der Waals surface area contributed by atoms with Gasteiger partial charge >= 0.3 is 0 Å². The first-order valence-electron chi connectivity index (χ1n) is 6.34. The third kappa shape index (κ3) is 2.88. The third-order valence-electron chi connectivity index (χ3n) is 2.78. The summed E-state index contributed by atoms with van der Waals surface area (Å²) in [4.78, 5) is 4.07. The number of pyridine rings is 1. The van der Waals surface area contributed by atoms with Gasteiger partial charge in [-0.15, -0.1) is 0 Å². The van der Waals surface area contributed by atoms with E-state index in [9.17, 15) is 0 Å². The lowest BCUT2D eigenvalue weighted by Crippen LogP contribution is -2.15. The lowest BCUT2D eigenvalue weighted by atomic mass is 10.00. The number of benzene rings is 1. The van der Waals surface area contributed by atoms with Crippen LogP contribution in [0.15, 0.2) is 36.7 Å². The van der Waals surface area contributed by atoms with Crippen LogP contribution in [0.1, 0.15) is 19.4 Å². The van der Waals surface area contributed by atoms with Gasteiger partial charge in [-0.3, -0.25) is 10.4 Å². The number of ether oxygens (including phenoxy) is 1. The van der Waals surface area contributed by atoms with E-state index in [2.05, 4.69) is 4.98 Å². The molecule has 1 aromatic heterocycles. The third-order valence-corrected chi connectivity index (χ3v) is 2.78. The molecule has 104 valence electrons. The van der Waals surface area contributed by atoms with Crippen molar-refractivity contribution in [3.05, 3.63) is 42.2 Å². The van der Waals surface area contributed by atoms with Gasteiger partial charge in [-0.2, -0.15) is 0 Å². The molecule has 2 rings (SSSR count). The Morgan fingerprint density at radius 1 is 1.20 bits per heavy atom. The van der Waals surface area contributed by atoms with Crippen LogP contribution in [0.3, 0.4) is 0 Å². The van der Waals surface area contributed by atoms with Crippen molar-refractivity contribution in [2.75, 3.05) is 5.73 Å². The normalized spacial score (nSPS) is 10.6. The van der Waals surface area contributed by atoms with E-state index < -0.39 is 0 Å². The summed E-state index contributed by atoms with van der Waals surface area (Å²) in [5, 5.41) is 7.65. The average Bonchev–Trinajstić information content (AvgIpc) is 2.38. The second-order valence-corrected chi connectivity index (χ2v) is 4.76. The van der Waals surface area contributed by atoms with E-state index in [0.29, 0.717) is 11.3 Å². The van der Waals surface area contributed by atoms with Gasteiger partial charge in [-0.25, -0.2) is 0 Å². The van der Waals surface area contributed by atoms with Gasteiger partial charge in [0.05, 0.1) is 18.0 Å². The van der Waals surface area contributed by atoms with Gasteiger partial charge in [0.1, 0.15) is 11.6 Å². The Labute approximate surface area is 118 Å². The standard InChI is InChI=1S/C15H18N4O/c1-9(2)20-11-5-3-10(4-6-11)12-7-19-8-13(16)14(12)15(17)18/h3-9H,16H2,1-2H3,(H3,17,18). The molecule has 0 saturated heterocycles. The second-order valence-electron chi connectivity index (χ2n) is 4.76. The molecule has 5 heteroatoms. The quantitative estimate of drug-likeness (QED) is 0.587. The van der Waals surface area contributed by atoms with Crippen LogP contribution in [0.2, 0.25) is 0 Å². The van der Waals surface area contributed by atoms with Crippen LogP contribution < -0.4 is 16.2 Å². The molecule has 0 unspecified atom stereocenters. The largest absolute Gasteiger partial charge is 0.491 e. The molecular weight excluding hydrogens is 252 g/mol. The average molecular weight is 270 g/mol. The van der Waals surface area contributed by atoms with Crippen LogP contribution in [-0.4, -0.2) is 16.9 Å². The smallest absolute Gasteiger partial charge is 0.125 e. The summed E-state index contributed by atoms with van der Waals surface area (Å²) < 4.78 is 5.60. The van der Waals surface area contributed by atoms with Gasteiger partial charge in [-0.1, -0.05) is 12.1 Å².